The molecule has 1 aliphatic heterocycles. The fourth-order valence-electron chi connectivity index (χ4n) is 3.17. The van der Waals surface area contributed by atoms with Gasteiger partial charge in [-0.05, 0) is 12.8 Å². The maximum absolute atomic E-state index is 12.0. The molecule has 0 spiro atoms. The maximum atomic E-state index is 12.0. The molecule has 1 aromatic heterocycles. The maximum Gasteiger partial charge on any atom is 0.329 e. The van der Waals surface area contributed by atoms with Crippen LogP contribution in [0.15, 0.2) is 9.59 Å². The van der Waals surface area contributed by atoms with Gasteiger partial charge in [-0.2, -0.15) is 0 Å². The highest BCUT2D eigenvalue weighted by Gasteiger charge is 2.28. The van der Waals surface area contributed by atoms with Crippen LogP contribution in [0.3, 0.4) is 0 Å². The first-order valence-corrected chi connectivity index (χ1v) is 8.46. The Morgan fingerprint density at radius 2 is 1.61 bits per heavy atom. The van der Waals surface area contributed by atoms with Crippen molar-refractivity contribution >= 4 is 11.5 Å². The van der Waals surface area contributed by atoms with Gasteiger partial charge in [0.1, 0.15) is 11.5 Å². The zero-order valence-corrected chi connectivity index (χ0v) is 14.2. The molecule has 0 atom stereocenters. The number of H-pyrrole nitrogens is 1. The summed E-state index contributed by atoms with van der Waals surface area (Å²) in [6, 6.07) is 0. The molecule has 0 aromatic carbocycles. The molecular formula is C16H28N4O3. The van der Waals surface area contributed by atoms with Gasteiger partial charge in [0.15, 0.2) is 0 Å². The van der Waals surface area contributed by atoms with E-state index >= 15 is 0 Å². The summed E-state index contributed by atoms with van der Waals surface area (Å²) in [5.41, 5.74) is -0.0916. The van der Waals surface area contributed by atoms with E-state index in [0.29, 0.717) is 19.0 Å². The predicted octanol–water partition coefficient (Wildman–Crippen LogP) is 1.01. The van der Waals surface area contributed by atoms with Gasteiger partial charge in [0.2, 0.25) is 0 Å². The highest BCUT2D eigenvalue weighted by atomic mass is 16.3. The molecule has 23 heavy (non-hydrogen) atoms. The van der Waals surface area contributed by atoms with Crippen molar-refractivity contribution in [2.75, 3.05) is 36.7 Å². The second kappa shape index (κ2) is 8.19. The van der Waals surface area contributed by atoms with Crippen LogP contribution in [0, 0.1) is 0 Å². The quantitative estimate of drug-likeness (QED) is 0.663. The van der Waals surface area contributed by atoms with E-state index in [-0.39, 0.29) is 11.2 Å². The number of aromatic amines is 1. The highest BCUT2D eigenvalue weighted by Crippen LogP contribution is 2.29. The molecule has 7 heteroatoms. The van der Waals surface area contributed by atoms with Crippen LogP contribution in [0.25, 0.3) is 0 Å². The van der Waals surface area contributed by atoms with Crippen molar-refractivity contribution in [1.82, 2.24) is 9.55 Å². The summed E-state index contributed by atoms with van der Waals surface area (Å²) in [6.07, 6.45) is 7.77. The lowest BCUT2D eigenvalue weighted by molar-refractivity contribution is 0.282. The number of nitrogens with one attached hydrogen (secondary N) is 1. The third kappa shape index (κ3) is 4.16. The van der Waals surface area contributed by atoms with E-state index in [1.54, 1.807) is 7.05 Å². The monoisotopic (exact) mass is 324 g/mol. The van der Waals surface area contributed by atoms with Gasteiger partial charge in [0.25, 0.3) is 5.56 Å². The highest BCUT2D eigenvalue weighted by molar-refractivity contribution is 5.71. The molecule has 2 N–H and O–H groups in total. The number of fused-ring (bicyclic) bond motifs is 1. The first-order valence-electron chi connectivity index (χ1n) is 8.46. The zero-order valence-electron chi connectivity index (χ0n) is 14.2. The number of anilines is 2. The Hall–Kier alpha value is -1.76. The number of unbranched alkanes of at least 4 members (excludes halogenated alkanes) is 6. The van der Waals surface area contributed by atoms with E-state index in [2.05, 4.69) is 9.88 Å². The Morgan fingerprint density at radius 1 is 1.00 bits per heavy atom. The largest absolute Gasteiger partial charge is 0.396 e. The number of hydrogen-bond donors (Lipinski definition) is 2. The Kier molecular flexibility index (Phi) is 6.27. The van der Waals surface area contributed by atoms with Crippen molar-refractivity contribution in [3.8, 4) is 0 Å². The van der Waals surface area contributed by atoms with Crippen molar-refractivity contribution in [3.63, 3.8) is 0 Å². The SMILES string of the molecule is CN1CN(CCCCCCCCCO)c2c1c(=O)[nH]c(=O)n2C. The average Bonchev–Trinajstić information content (AvgIpc) is 2.85. The molecule has 0 amide bonds. The summed E-state index contributed by atoms with van der Waals surface area (Å²) in [5, 5.41) is 8.73. The zero-order chi connectivity index (χ0) is 16.8. The van der Waals surface area contributed by atoms with Gasteiger partial charge in [-0.15, -0.1) is 0 Å². The fraction of sp³-hybridized carbons (Fsp3) is 0.750. The minimum Gasteiger partial charge on any atom is -0.396 e. The van der Waals surface area contributed by atoms with E-state index in [1.807, 2.05) is 11.9 Å². The summed E-state index contributed by atoms with van der Waals surface area (Å²) >= 11 is 0. The Morgan fingerprint density at radius 3 is 2.26 bits per heavy atom. The van der Waals surface area contributed by atoms with E-state index < -0.39 is 0 Å². The average molecular weight is 324 g/mol. The minimum atomic E-state index is -0.363. The molecule has 0 unspecified atom stereocenters. The molecule has 2 heterocycles. The van der Waals surface area contributed by atoms with E-state index in [1.165, 1.54) is 23.8 Å². The second-order valence-corrected chi connectivity index (χ2v) is 6.29. The van der Waals surface area contributed by atoms with Gasteiger partial charge in [0, 0.05) is 27.2 Å². The molecule has 0 bridgehead atoms. The third-order valence-electron chi connectivity index (χ3n) is 4.42. The summed E-state index contributed by atoms with van der Waals surface area (Å²) < 4.78 is 1.52. The smallest absolute Gasteiger partial charge is 0.329 e. The normalized spacial score (nSPS) is 13.7. The Bertz CT molecular complexity index is 623. The first kappa shape index (κ1) is 17.6. The molecular weight excluding hydrogens is 296 g/mol. The third-order valence-corrected chi connectivity index (χ3v) is 4.42. The minimum absolute atomic E-state index is 0.291. The lowest BCUT2D eigenvalue weighted by Crippen LogP contribution is -2.32. The molecule has 7 nitrogen and oxygen atoms in total. The van der Waals surface area contributed by atoms with Crippen LogP contribution in [-0.2, 0) is 7.05 Å². The fourth-order valence-corrected chi connectivity index (χ4v) is 3.17. The lowest BCUT2D eigenvalue weighted by atomic mass is 10.1. The van der Waals surface area contributed by atoms with Crippen molar-refractivity contribution in [2.45, 2.75) is 44.9 Å². The molecule has 0 radical (unpaired) electrons. The topological polar surface area (TPSA) is 81.6 Å². The molecule has 0 saturated heterocycles. The molecule has 130 valence electrons. The Labute approximate surface area is 136 Å². The number of hydrogen-bond acceptors (Lipinski definition) is 5. The van der Waals surface area contributed by atoms with Crippen molar-refractivity contribution in [1.29, 1.82) is 0 Å². The van der Waals surface area contributed by atoms with Crippen molar-refractivity contribution < 1.29 is 5.11 Å². The summed E-state index contributed by atoms with van der Waals surface area (Å²) in [4.78, 5) is 30.1. The van der Waals surface area contributed by atoms with Gasteiger partial charge in [0.05, 0.1) is 6.67 Å². The second-order valence-electron chi connectivity index (χ2n) is 6.29. The van der Waals surface area contributed by atoms with E-state index in [9.17, 15) is 9.59 Å². The van der Waals surface area contributed by atoms with Crippen LogP contribution in [0.5, 0.6) is 0 Å². The van der Waals surface area contributed by atoms with Crippen molar-refractivity contribution in [3.05, 3.63) is 20.8 Å². The van der Waals surface area contributed by atoms with Crippen LogP contribution >= 0.6 is 0 Å². The summed E-state index contributed by atoms with van der Waals surface area (Å²) in [5.74, 6) is 0.726. The van der Waals surface area contributed by atoms with Crippen molar-refractivity contribution in [2.24, 2.45) is 7.05 Å². The van der Waals surface area contributed by atoms with Crippen LogP contribution in [0.2, 0.25) is 0 Å². The van der Waals surface area contributed by atoms with Crippen LogP contribution in [0.1, 0.15) is 44.9 Å². The number of rotatable bonds is 9. The predicted molar refractivity (Wildman–Crippen MR) is 92.3 cm³/mol. The van der Waals surface area contributed by atoms with Gasteiger partial charge in [-0.1, -0.05) is 32.1 Å². The molecule has 2 rings (SSSR count). The molecule has 0 aliphatic carbocycles. The van der Waals surface area contributed by atoms with Gasteiger partial charge in [-0.25, -0.2) is 4.79 Å². The van der Waals surface area contributed by atoms with Crippen LogP contribution < -0.4 is 21.0 Å². The standard InChI is InChI=1S/C16H28N4O3/c1-18-12-20(10-8-6-4-3-5-7-9-11-21)15-13(18)14(22)17-16(23)19(15)2/h21H,3-12H2,1-2H3,(H,17,22,23). The lowest BCUT2D eigenvalue weighted by Gasteiger charge is -2.20. The van der Waals surface area contributed by atoms with Crippen LogP contribution in [0.4, 0.5) is 11.5 Å². The number of aliphatic hydroxyl groups is 1. The summed E-state index contributed by atoms with van der Waals surface area (Å²) in [6.45, 7) is 1.79. The van der Waals surface area contributed by atoms with Gasteiger partial charge >= 0.3 is 5.69 Å². The summed E-state index contributed by atoms with van der Waals surface area (Å²) in [7, 11) is 3.57. The number of aliphatic hydroxyl groups excluding tert-OH is 1. The van der Waals surface area contributed by atoms with E-state index in [4.69, 9.17) is 5.11 Å². The van der Waals surface area contributed by atoms with E-state index in [0.717, 1.165) is 38.0 Å². The van der Waals surface area contributed by atoms with Crippen LogP contribution in [-0.4, -0.2) is 41.5 Å². The number of aromatic nitrogens is 2. The molecule has 0 saturated carbocycles. The molecule has 0 fully saturated rings. The molecule has 1 aliphatic rings. The van der Waals surface area contributed by atoms with Gasteiger partial charge in [-0.3, -0.25) is 14.3 Å². The molecule has 1 aromatic rings. The first-order chi connectivity index (χ1) is 11.1. The Balaban J connectivity index is 1.85. The van der Waals surface area contributed by atoms with Gasteiger partial charge < -0.3 is 14.9 Å². The number of nitrogens with zero attached hydrogens (tertiary/aromatic N) is 3.